The minimum absolute atomic E-state index is 0.542. The largest absolute Gasteiger partial charge is 0.378 e. The van der Waals surface area contributed by atoms with Gasteiger partial charge in [0.15, 0.2) is 6.10 Å². The van der Waals surface area contributed by atoms with Gasteiger partial charge < -0.3 is 5.11 Å². The Morgan fingerprint density at radius 3 is 2.36 bits per heavy atom. The van der Waals surface area contributed by atoms with Crippen LogP contribution in [0.2, 0.25) is 0 Å². The summed E-state index contributed by atoms with van der Waals surface area (Å²) in [7, 11) is 0. The van der Waals surface area contributed by atoms with E-state index in [0.717, 1.165) is 12.0 Å². The van der Waals surface area contributed by atoms with Gasteiger partial charge in [0.1, 0.15) is 0 Å². The molecule has 4 nitrogen and oxygen atoms in total. The van der Waals surface area contributed by atoms with E-state index in [4.69, 9.17) is 0 Å². The van der Waals surface area contributed by atoms with Gasteiger partial charge in [-0.15, -0.1) is 0 Å². The third-order valence-corrected chi connectivity index (χ3v) is 3.48. The third-order valence-electron chi connectivity index (χ3n) is 3.48. The number of aliphatic hydroxyl groups is 1. The second-order valence-electron chi connectivity index (χ2n) is 5.04. The van der Waals surface area contributed by atoms with Gasteiger partial charge in [0.05, 0.1) is 5.71 Å². The van der Waals surface area contributed by atoms with Crippen molar-refractivity contribution in [2.24, 2.45) is 5.10 Å². The van der Waals surface area contributed by atoms with E-state index in [1.165, 1.54) is 5.56 Å². The van der Waals surface area contributed by atoms with Crippen molar-refractivity contribution < 1.29 is 9.90 Å². The van der Waals surface area contributed by atoms with Crippen LogP contribution in [-0.2, 0) is 11.2 Å². The first-order valence-corrected chi connectivity index (χ1v) is 7.28. The molecule has 2 rings (SSSR count). The monoisotopic (exact) mass is 296 g/mol. The summed E-state index contributed by atoms with van der Waals surface area (Å²) < 4.78 is 0. The molecule has 0 unspecified atom stereocenters. The Kier molecular flexibility index (Phi) is 5.44. The number of nitrogens with one attached hydrogen (secondary N) is 1. The van der Waals surface area contributed by atoms with Gasteiger partial charge in [-0.2, -0.15) is 5.10 Å². The number of carbonyl (C=O) groups excluding carboxylic acids is 1. The summed E-state index contributed by atoms with van der Waals surface area (Å²) in [6.07, 6.45) is -0.239. The Morgan fingerprint density at radius 2 is 1.77 bits per heavy atom. The van der Waals surface area contributed by atoms with E-state index in [-0.39, 0.29) is 0 Å². The number of hydrazone groups is 1. The Hall–Kier alpha value is -2.46. The highest BCUT2D eigenvalue weighted by molar-refractivity contribution is 5.99. The second kappa shape index (κ2) is 7.52. The van der Waals surface area contributed by atoms with Crippen molar-refractivity contribution in [3.8, 4) is 0 Å². The Balaban J connectivity index is 2.02. The van der Waals surface area contributed by atoms with Crippen LogP contribution < -0.4 is 5.43 Å². The lowest BCUT2D eigenvalue weighted by atomic mass is 10.1. The lowest BCUT2D eigenvalue weighted by molar-refractivity contribution is -0.129. The standard InChI is InChI=1S/C18H20N2O2/c1-3-14-9-11-15(12-10-14)13(2)19-20-18(22)17(21)16-7-5-4-6-8-16/h4-12,17,21H,3H2,1-2H3,(H,20,22)/t17-/m1/s1. The zero-order valence-corrected chi connectivity index (χ0v) is 12.8. The quantitative estimate of drug-likeness (QED) is 0.658. The van der Waals surface area contributed by atoms with Gasteiger partial charge in [-0.1, -0.05) is 61.5 Å². The topological polar surface area (TPSA) is 61.7 Å². The first kappa shape index (κ1) is 15.9. The summed E-state index contributed by atoms with van der Waals surface area (Å²) >= 11 is 0. The summed E-state index contributed by atoms with van der Waals surface area (Å²) in [5, 5.41) is 14.0. The fourth-order valence-corrected chi connectivity index (χ4v) is 2.03. The first-order valence-electron chi connectivity index (χ1n) is 7.28. The molecule has 2 N–H and O–H groups in total. The van der Waals surface area contributed by atoms with E-state index in [1.54, 1.807) is 24.3 Å². The number of rotatable bonds is 5. The molecule has 1 atom stereocenters. The third kappa shape index (κ3) is 4.02. The molecule has 0 fully saturated rings. The van der Waals surface area contributed by atoms with Crippen LogP contribution in [0, 0.1) is 0 Å². The summed E-state index contributed by atoms with van der Waals surface area (Å²) in [6, 6.07) is 16.8. The molecule has 0 aliphatic rings. The van der Waals surface area contributed by atoms with Crippen molar-refractivity contribution in [2.75, 3.05) is 0 Å². The molecule has 0 saturated heterocycles. The number of aryl methyl sites for hydroxylation is 1. The predicted octanol–water partition coefficient (Wildman–Crippen LogP) is 2.82. The van der Waals surface area contributed by atoms with Crippen molar-refractivity contribution >= 4 is 11.6 Å². The summed E-state index contributed by atoms with van der Waals surface area (Å²) in [5.74, 6) is -0.546. The minimum atomic E-state index is -1.22. The molecule has 0 bridgehead atoms. The minimum Gasteiger partial charge on any atom is -0.378 e. The SMILES string of the molecule is CCc1ccc(C(C)=NNC(=O)[C@H](O)c2ccccc2)cc1. The fraction of sp³-hybridized carbons (Fsp3) is 0.222. The van der Waals surface area contributed by atoms with Crippen LogP contribution in [0.15, 0.2) is 59.7 Å². The number of aliphatic hydroxyl groups excluding tert-OH is 1. The summed E-state index contributed by atoms with van der Waals surface area (Å²) in [6.45, 7) is 3.91. The van der Waals surface area contributed by atoms with E-state index in [0.29, 0.717) is 11.3 Å². The highest BCUT2D eigenvalue weighted by atomic mass is 16.3. The zero-order valence-electron chi connectivity index (χ0n) is 12.8. The molecule has 0 aliphatic heterocycles. The number of amides is 1. The van der Waals surface area contributed by atoms with Gasteiger partial charge in [0.2, 0.25) is 0 Å². The van der Waals surface area contributed by atoms with Gasteiger partial charge in [-0.25, -0.2) is 5.43 Å². The molecule has 2 aromatic rings. The lowest BCUT2D eigenvalue weighted by Crippen LogP contribution is -2.26. The van der Waals surface area contributed by atoms with Gasteiger partial charge in [-0.05, 0) is 30.0 Å². The first-order chi connectivity index (χ1) is 10.6. The van der Waals surface area contributed by atoms with Crippen LogP contribution in [-0.4, -0.2) is 16.7 Å². The van der Waals surface area contributed by atoms with Crippen LogP contribution in [0.3, 0.4) is 0 Å². The van der Waals surface area contributed by atoms with Crippen molar-refractivity contribution in [3.05, 3.63) is 71.3 Å². The molecule has 114 valence electrons. The molecule has 4 heteroatoms. The van der Waals surface area contributed by atoms with Crippen molar-refractivity contribution in [2.45, 2.75) is 26.4 Å². The average Bonchev–Trinajstić information content (AvgIpc) is 2.59. The summed E-state index contributed by atoms with van der Waals surface area (Å²) in [4.78, 5) is 11.9. The Morgan fingerprint density at radius 1 is 1.14 bits per heavy atom. The highest BCUT2D eigenvalue weighted by Crippen LogP contribution is 2.12. The van der Waals surface area contributed by atoms with Crippen LogP contribution >= 0.6 is 0 Å². The number of hydrogen-bond donors (Lipinski definition) is 2. The molecule has 22 heavy (non-hydrogen) atoms. The van der Waals surface area contributed by atoms with Crippen LogP contribution in [0.25, 0.3) is 0 Å². The normalized spacial score (nSPS) is 12.8. The van der Waals surface area contributed by atoms with Crippen LogP contribution in [0.5, 0.6) is 0 Å². The summed E-state index contributed by atoms with van der Waals surface area (Å²) in [5.41, 5.74) is 5.83. The van der Waals surface area contributed by atoms with Crippen molar-refractivity contribution in [1.29, 1.82) is 0 Å². The molecule has 1 amide bonds. The van der Waals surface area contributed by atoms with E-state index in [1.807, 2.05) is 37.3 Å². The number of nitrogens with zero attached hydrogens (tertiary/aromatic N) is 1. The molecular weight excluding hydrogens is 276 g/mol. The second-order valence-corrected chi connectivity index (χ2v) is 5.04. The molecular formula is C18H20N2O2. The van der Waals surface area contributed by atoms with E-state index < -0.39 is 12.0 Å². The average molecular weight is 296 g/mol. The number of benzene rings is 2. The fourth-order valence-electron chi connectivity index (χ4n) is 2.03. The molecule has 0 aromatic heterocycles. The molecule has 0 spiro atoms. The number of carbonyl (C=O) groups is 1. The van der Waals surface area contributed by atoms with Gasteiger partial charge in [0, 0.05) is 0 Å². The van der Waals surface area contributed by atoms with Crippen LogP contribution in [0.1, 0.15) is 36.6 Å². The van der Waals surface area contributed by atoms with Gasteiger partial charge in [-0.3, -0.25) is 4.79 Å². The molecule has 2 aromatic carbocycles. The Labute approximate surface area is 130 Å². The van der Waals surface area contributed by atoms with Crippen LogP contribution in [0.4, 0.5) is 0 Å². The smallest absolute Gasteiger partial charge is 0.273 e. The highest BCUT2D eigenvalue weighted by Gasteiger charge is 2.16. The molecule has 0 heterocycles. The van der Waals surface area contributed by atoms with E-state index in [9.17, 15) is 9.90 Å². The van der Waals surface area contributed by atoms with E-state index in [2.05, 4.69) is 17.5 Å². The molecule has 0 radical (unpaired) electrons. The van der Waals surface area contributed by atoms with Gasteiger partial charge >= 0.3 is 0 Å². The lowest BCUT2D eigenvalue weighted by Gasteiger charge is -2.09. The maximum atomic E-state index is 11.9. The van der Waals surface area contributed by atoms with Crippen molar-refractivity contribution in [1.82, 2.24) is 5.43 Å². The molecule has 0 saturated carbocycles. The number of hydrogen-bond acceptors (Lipinski definition) is 3. The van der Waals surface area contributed by atoms with E-state index >= 15 is 0 Å². The van der Waals surface area contributed by atoms with Crippen molar-refractivity contribution in [3.63, 3.8) is 0 Å². The maximum Gasteiger partial charge on any atom is 0.273 e. The Bertz CT molecular complexity index is 649. The molecule has 0 aliphatic carbocycles. The van der Waals surface area contributed by atoms with Gasteiger partial charge in [0.25, 0.3) is 5.91 Å². The predicted molar refractivity (Wildman–Crippen MR) is 87.6 cm³/mol. The zero-order chi connectivity index (χ0) is 15.9. The maximum absolute atomic E-state index is 11.9.